The van der Waals surface area contributed by atoms with Crippen LogP contribution >= 0.6 is 0 Å². The molecule has 2 aromatic rings. The summed E-state index contributed by atoms with van der Waals surface area (Å²) < 4.78 is 0. The number of aromatic amines is 1. The van der Waals surface area contributed by atoms with Gasteiger partial charge >= 0.3 is 0 Å². The van der Waals surface area contributed by atoms with Crippen LogP contribution in [0.2, 0.25) is 0 Å². The molecule has 2 rings (SSSR count). The Bertz CT molecular complexity index is 726. The van der Waals surface area contributed by atoms with Crippen LogP contribution in [0.3, 0.4) is 0 Å². The van der Waals surface area contributed by atoms with E-state index in [4.69, 9.17) is 0 Å². The minimum absolute atomic E-state index is 0.0135. The van der Waals surface area contributed by atoms with Crippen molar-refractivity contribution in [3.63, 3.8) is 0 Å². The Kier molecular flexibility index (Phi) is 4.76. The van der Waals surface area contributed by atoms with Crippen LogP contribution in [-0.4, -0.2) is 15.1 Å². The molecule has 0 aliphatic heterocycles. The Labute approximate surface area is 137 Å². The smallest absolute Gasteiger partial charge is 0.248 e. The van der Waals surface area contributed by atoms with E-state index in [1.807, 2.05) is 32.0 Å². The summed E-state index contributed by atoms with van der Waals surface area (Å²) in [5.74, 6) is 0. The van der Waals surface area contributed by atoms with Gasteiger partial charge in [-0.15, -0.1) is 0 Å². The minimum atomic E-state index is -0.674. The van der Waals surface area contributed by atoms with Gasteiger partial charge in [-0.25, -0.2) is 0 Å². The lowest BCUT2D eigenvalue weighted by molar-refractivity contribution is 0.136. The quantitative estimate of drug-likeness (QED) is 0.908. The fourth-order valence-corrected chi connectivity index (χ4v) is 2.67. The van der Waals surface area contributed by atoms with Crippen molar-refractivity contribution in [2.24, 2.45) is 0 Å². The Balaban J connectivity index is 2.24. The van der Waals surface area contributed by atoms with Crippen molar-refractivity contribution in [2.75, 3.05) is 0 Å². The number of nitrogens with zero attached hydrogens (tertiary/aromatic N) is 1. The third kappa shape index (κ3) is 4.29. The van der Waals surface area contributed by atoms with E-state index in [0.29, 0.717) is 12.1 Å². The molecule has 1 unspecified atom stereocenters. The molecule has 2 N–H and O–H groups in total. The zero-order valence-corrected chi connectivity index (χ0v) is 14.6. The number of aliphatic hydroxyl groups excluding tert-OH is 1. The van der Waals surface area contributed by atoms with Crippen molar-refractivity contribution >= 4 is 0 Å². The Morgan fingerprint density at radius 2 is 1.83 bits per heavy atom. The fourth-order valence-electron chi connectivity index (χ4n) is 2.67. The van der Waals surface area contributed by atoms with Crippen LogP contribution < -0.4 is 5.56 Å². The average Bonchev–Trinajstić information content (AvgIpc) is 2.46. The van der Waals surface area contributed by atoms with Gasteiger partial charge < -0.3 is 10.1 Å². The van der Waals surface area contributed by atoms with Crippen molar-refractivity contribution in [1.82, 2.24) is 9.97 Å². The molecule has 2 heterocycles. The predicted molar refractivity (Wildman–Crippen MR) is 92.6 cm³/mol. The first-order valence-electron chi connectivity index (χ1n) is 7.93. The van der Waals surface area contributed by atoms with Gasteiger partial charge in [0.1, 0.15) is 0 Å². The van der Waals surface area contributed by atoms with Crippen molar-refractivity contribution in [3.8, 4) is 0 Å². The van der Waals surface area contributed by atoms with Crippen LogP contribution in [0.4, 0.5) is 0 Å². The highest BCUT2D eigenvalue weighted by atomic mass is 16.3. The van der Waals surface area contributed by atoms with E-state index in [0.717, 1.165) is 11.1 Å². The zero-order chi connectivity index (χ0) is 17.3. The zero-order valence-electron chi connectivity index (χ0n) is 14.6. The van der Waals surface area contributed by atoms with Crippen LogP contribution in [-0.2, 0) is 10.8 Å². The van der Waals surface area contributed by atoms with Gasteiger partial charge in [-0.3, -0.25) is 9.78 Å². The van der Waals surface area contributed by atoms with Gasteiger partial charge in [-0.05, 0) is 46.6 Å². The molecule has 2 aromatic heterocycles. The second kappa shape index (κ2) is 6.28. The molecular formula is C19H26N2O2. The maximum atomic E-state index is 11.5. The summed E-state index contributed by atoms with van der Waals surface area (Å²) in [4.78, 5) is 18.5. The molecule has 4 heteroatoms. The van der Waals surface area contributed by atoms with Crippen molar-refractivity contribution in [2.45, 2.75) is 58.0 Å². The van der Waals surface area contributed by atoms with Gasteiger partial charge in [0.15, 0.2) is 0 Å². The maximum Gasteiger partial charge on any atom is 0.248 e. The van der Waals surface area contributed by atoms with E-state index in [-0.39, 0.29) is 16.4 Å². The van der Waals surface area contributed by atoms with E-state index in [2.05, 4.69) is 30.7 Å². The molecule has 0 fully saturated rings. The number of aromatic nitrogens is 2. The topological polar surface area (TPSA) is 66.0 Å². The Morgan fingerprint density at radius 1 is 1.13 bits per heavy atom. The second-order valence-corrected chi connectivity index (χ2v) is 7.76. The normalized spacial score (nSPS) is 13.8. The lowest BCUT2D eigenvalue weighted by Crippen LogP contribution is -2.23. The number of rotatable bonds is 4. The molecule has 0 spiro atoms. The molecule has 1 atom stereocenters. The van der Waals surface area contributed by atoms with Gasteiger partial charge in [-0.2, -0.15) is 0 Å². The molecule has 0 radical (unpaired) electrons. The summed E-state index contributed by atoms with van der Waals surface area (Å²) in [7, 11) is 0. The average molecular weight is 314 g/mol. The Morgan fingerprint density at radius 3 is 2.43 bits per heavy atom. The van der Waals surface area contributed by atoms with E-state index in [1.54, 1.807) is 18.5 Å². The minimum Gasteiger partial charge on any atom is -0.387 e. The molecule has 0 aliphatic carbocycles. The second-order valence-electron chi connectivity index (χ2n) is 7.76. The summed E-state index contributed by atoms with van der Waals surface area (Å²) in [6.45, 7) is 10.5. The van der Waals surface area contributed by atoms with Crippen molar-refractivity contribution in [3.05, 3.63) is 63.8 Å². The summed E-state index contributed by atoms with van der Waals surface area (Å²) in [6, 6.07) is 7.43. The molecule has 0 aromatic carbocycles. The summed E-state index contributed by atoms with van der Waals surface area (Å²) in [5.41, 5.74) is 2.29. The van der Waals surface area contributed by atoms with E-state index >= 15 is 0 Å². The summed E-state index contributed by atoms with van der Waals surface area (Å²) >= 11 is 0. The number of nitrogens with one attached hydrogen (secondary N) is 1. The number of aliphatic hydroxyl groups is 1. The molecule has 0 amide bonds. The van der Waals surface area contributed by atoms with E-state index in [9.17, 15) is 9.90 Å². The largest absolute Gasteiger partial charge is 0.387 e. The highest BCUT2D eigenvalue weighted by molar-refractivity contribution is 5.26. The molecule has 0 saturated carbocycles. The molecule has 4 nitrogen and oxygen atoms in total. The number of hydrogen-bond donors (Lipinski definition) is 2. The first-order valence-corrected chi connectivity index (χ1v) is 7.93. The molecule has 0 bridgehead atoms. The first-order chi connectivity index (χ1) is 10.6. The van der Waals surface area contributed by atoms with Crippen LogP contribution in [0.5, 0.6) is 0 Å². The predicted octanol–water partition coefficient (Wildman–Crippen LogP) is 3.47. The fraction of sp³-hybridized carbons (Fsp3) is 0.474. The van der Waals surface area contributed by atoms with Crippen LogP contribution in [0.1, 0.15) is 64.0 Å². The van der Waals surface area contributed by atoms with Gasteiger partial charge in [-0.1, -0.05) is 34.6 Å². The number of pyridine rings is 2. The highest BCUT2D eigenvalue weighted by Gasteiger charge is 2.27. The number of hydrogen-bond acceptors (Lipinski definition) is 3. The molecule has 23 heavy (non-hydrogen) atoms. The summed E-state index contributed by atoms with van der Waals surface area (Å²) in [5, 5.41) is 10.6. The highest BCUT2D eigenvalue weighted by Crippen LogP contribution is 2.33. The lowest BCUT2D eigenvalue weighted by atomic mass is 9.79. The standard InChI is InChI=1S/C19H26N2O2/c1-18(2,3)13-6-8-20-15(10-13)16(22)12-19(4,5)14-7-9-21-17(23)11-14/h6-11,16,22H,12H2,1-5H3,(H,21,23). The molecule has 124 valence electrons. The monoisotopic (exact) mass is 314 g/mol. The van der Waals surface area contributed by atoms with Gasteiger partial charge in [0.2, 0.25) is 5.56 Å². The molecule has 0 aliphatic rings. The third-order valence-corrected chi connectivity index (χ3v) is 4.25. The first kappa shape index (κ1) is 17.4. The third-order valence-electron chi connectivity index (χ3n) is 4.25. The van der Waals surface area contributed by atoms with Crippen LogP contribution in [0.15, 0.2) is 41.5 Å². The maximum absolute atomic E-state index is 11.5. The molecule has 0 saturated heterocycles. The van der Waals surface area contributed by atoms with Crippen molar-refractivity contribution < 1.29 is 5.11 Å². The van der Waals surface area contributed by atoms with Gasteiger partial charge in [0, 0.05) is 18.5 Å². The van der Waals surface area contributed by atoms with E-state index in [1.165, 1.54) is 0 Å². The van der Waals surface area contributed by atoms with Gasteiger partial charge in [0.25, 0.3) is 0 Å². The van der Waals surface area contributed by atoms with Gasteiger partial charge in [0.05, 0.1) is 11.8 Å². The van der Waals surface area contributed by atoms with Crippen molar-refractivity contribution in [1.29, 1.82) is 0 Å². The summed E-state index contributed by atoms with van der Waals surface area (Å²) in [6.07, 6.45) is 3.22. The SMILES string of the molecule is CC(C)(C)c1ccnc(C(O)CC(C)(C)c2cc[nH]c(=O)c2)c1. The number of H-pyrrole nitrogens is 1. The Hall–Kier alpha value is -1.94. The van der Waals surface area contributed by atoms with Crippen LogP contribution in [0.25, 0.3) is 0 Å². The molecular weight excluding hydrogens is 288 g/mol. The lowest BCUT2D eigenvalue weighted by Gasteiger charge is -2.28. The van der Waals surface area contributed by atoms with E-state index < -0.39 is 6.10 Å². The van der Waals surface area contributed by atoms with Crippen LogP contribution in [0, 0.1) is 0 Å².